The standard InChI is InChI=1S/C18H22N2O3S/c1-14(2)19-18(21)16-9-11-17(12-10-16)24(22,23)20(3)13-15-7-5-4-6-8-15/h4-12,14H,13H2,1-3H3,(H,19,21). The summed E-state index contributed by atoms with van der Waals surface area (Å²) in [6.07, 6.45) is 0. The highest BCUT2D eigenvalue weighted by molar-refractivity contribution is 7.89. The largest absolute Gasteiger partial charge is 0.350 e. The summed E-state index contributed by atoms with van der Waals surface area (Å²) in [7, 11) is -2.06. The van der Waals surface area contributed by atoms with Crippen LogP contribution in [0.5, 0.6) is 0 Å². The highest BCUT2D eigenvalue weighted by Gasteiger charge is 2.21. The van der Waals surface area contributed by atoms with Gasteiger partial charge in [0.15, 0.2) is 0 Å². The van der Waals surface area contributed by atoms with Crippen LogP contribution in [0, 0.1) is 0 Å². The van der Waals surface area contributed by atoms with Crippen LogP contribution in [0.4, 0.5) is 0 Å². The maximum absolute atomic E-state index is 12.6. The van der Waals surface area contributed by atoms with Crippen molar-refractivity contribution in [3.63, 3.8) is 0 Å². The molecule has 2 aromatic carbocycles. The van der Waals surface area contributed by atoms with Crippen molar-refractivity contribution in [3.8, 4) is 0 Å². The van der Waals surface area contributed by atoms with E-state index in [2.05, 4.69) is 5.32 Å². The lowest BCUT2D eigenvalue weighted by atomic mass is 10.2. The van der Waals surface area contributed by atoms with E-state index in [9.17, 15) is 13.2 Å². The number of rotatable bonds is 6. The predicted molar refractivity (Wildman–Crippen MR) is 94.1 cm³/mol. The van der Waals surface area contributed by atoms with Gasteiger partial charge in [-0.1, -0.05) is 30.3 Å². The van der Waals surface area contributed by atoms with Gasteiger partial charge in [-0.2, -0.15) is 4.31 Å². The van der Waals surface area contributed by atoms with Gasteiger partial charge >= 0.3 is 0 Å². The summed E-state index contributed by atoms with van der Waals surface area (Å²) in [5.41, 5.74) is 1.35. The fraction of sp³-hybridized carbons (Fsp3) is 0.278. The first kappa shape index (κ1) is 18.2. The van der Waals surface area contributed by atoms with Crippen LogP contribution in [-0.2, 0) is 16.6 Å². The van der Waals surface area contributed by atoms with Crippen LogP contribution < -0.4 is 5.32 Å². The Morgan fingerprint density at radius 3 is 2.17 bits per heavy atom. The average Bonchev–Trinajstić information content (AvgIpc) is 2.55. The first-order valence-electron chi connectivity index (χ1n) is 7.72. The van der Waals surface area contributed by atoms with Crippen molar-refractivity contribution in [2.75, 3.05) is 7.05 Å². The first-order valence-corrected chi connectivity index (χ1v) is 9.16. The third kappa shape index (κ3) is 4.43. The van der Waals surface area contributed by atoms with E-state index in [-0.39, 0.29) is 16.8 Å². The Labute approximate surface area is 143 Å². The van der Waals surface area contributed by atoms with Gasteiger partial charge in [0.25, 0.3) is 5.91 Å². The number of nitrogens with zero attached hydrogens (tertiary/aromatic N) is 1. The van der Waals surface area contributed by atoms with Gasteiger partial charge < -0.3 is 5.32 Å². The molecular formula is C18H22N2O3S. The minimum atomic E-state index is -3.60. The highest BCUT2D eigenvalue weighted by atomic mass is 32.2. The summed E-state index contributed by atoms with van der Waals surface area (Å²) >= 11 is 0. The van der Waals surface area contributed by atoms with Gasteiger partial charge in [-0.15, -0.1) is 0 Å². The first-order chi connectivity index (χ1) is 11.3. The van der Waals surface area contributed by atoms with Crippen LogP contribution in [-0.4, -0.2) is 31.7 Å². The number of nitrogens with one attached hydrogen (secondary N) is 1. The molecule has 0 fully saturated rings. The summed E-state index contributed by atoms with van der Waals surface area (Å²) in [6.45, 7) is 4.03. The van der Waals surface area contributed by atoms with Gasteiger partial charge in [0.05, 0.1) is 4.90 Å². The molecule has 0 aliphatic rings. The third-order valence-electron chi connectivity index (χ3n) is 3.49. The van der Waals surface area contributed by atoms with Crippen molar-refractivity contribution in [1.82, 2.24) is 9.62 Å². The smallest absolute Gasteiger partial charge is 0.251 e. The molecule has 1 N–H and O–H groups in total. The Morgan fingerprint density at radius 1 is 1.04 bits per heavy atom. The summed E-state index contributed by atoms with van der Waals surface area (Å²) in [4.78, 5) is 12.1. The van der Waals surface area contributed by atoms with E-state index in [1.165, 1.54) is 28.6 Å². The van der Waals surface area contributed by atoms with E-state index < -0.39 is 10.0 Å². The zero-order valence-electron chi connectivity index (χ0n) is 14.1. The molecule has 0 aliphatic carbocycles. The lowest BCUT2D eigenvalue weighted by Gasteiger charge is -2.17. The summed E-state index contributed by atoms with van der Waals surface area (Å²) in [5.74, 6) is -0.216. The second-order valence-electron chi connectivity index (χ2n) is 5.90. The number of carbonyl (C=O) groups is 1. The predicted octanol–water partition coefficient (Wildman–Crippen LogP) is 2.65. The van der Waals surface area contributed by atoms with E-state index in [0.717, 1.165) is 5.56 Å². The number of hydrogen-bond acceptors (Lipinski definition) is 3. The van der Waals surface area contributed by atoms with Gasteiger partial charge in [0.2, 0.25) is 10.0 Å². The lowest BCUT2D eigenvalue weighted by molar-refractivity contribution is 0.0943. The van der Waals surface area contributed by atoms with Gasteiger partial charge in [-0.25, -0.2) is 8.42 Å². The summed E-state index contributed by atoms with van der Waals surface area (Å²) in [6, 6.07) is 15.4. The van der Waals surface area contributed by atoms with Crippen molar-refractivity contribution in [3.05, 3.63) is 65.7 Å². The monoisotopic (exact) mass is 346 g/mol. The van der Waals surface area contributed by atoms with Gasteiger partial charge in [-0.05, 0) is 43.7 Å². The quantitative estimate of drug-likeness (QED) is 0.874. The van der Waals surface area contributed by atoms with Gasteiger partial charge in [-0.3, -0.25) is 4.79 Å². The third-order valence-corrected chi connectivity index (χ3v) is 5.31. The molecule has 0 heterocycles. The fourth-order valence-corrected chi connectivity index (χ4v) is 3.39. The molecule has 0 aromatic heterocycles. The van der Waals surface area contributed by atoms with E-state index >= 15 is 0 Å². The topological polar surface area (TPSA) is 66.5 Å². The molecular weight excluding hydrogens is 324 g/mol. The highest BCUT2D eigenvalue weighted by Crippen LogP contribution is 2.17. The second-order valence-corrected chi connectivity index (χ2v) is 7.94. The molecule has 0 saturated carbocycles. The molecule has 0 atom stereocenters. The number of benzene rings is 2. The second kappa shape index (κ2) is 7.59. The molecule has 5 nitrogen and oxygen atoms in total. The number of carbonyl (C=O) groups excluding carboxylic acids is 1. The number of amides is 1. The van der Waals surface area contributed by atoms with Crippen LogP contribution in [0.3, 0.4) is 0 Å². The van der Waals surface area contributed by atoms with Gasteiger partial charge in [0, 0.05) is 25.2 Å². The zero-order chi connectivity index (χ0) is 17.7. The fourth-order valence-electron chi connectivity index (χ4n) is 2.23. The maximum atomic E-state index is 12.6. The van der Waals surface area contributed by atoms with Crippen LogP contribution in [0.25, 0.3) is 0 Å². The minimum Gasteiger partial charge on any atom is -0.350 e. The van der Waals surface area contributed by atoms with Crippen LogP contribution in [0.15, 0.2) is 59.5 Å². The Kier molecular flexibility index (Phi) is 5.75. The number of hydrogen-bond donors (Lipinski definition) is 1. The Balaban J connectivity index is 2.15. The van der Waals surface area contributed by atoms with Crippen LogP contribution in [0.2, 0.25) is 0 Å². The number of sulfonamides is 1. The molecule has 0 aliphatic heterocycles. The molecule has 0 unspecified atom stereocenters. The van der Waals surface area contributed by atoms with Crippen molar-refractivity contribution >= 4 is 15.9 Å². The zero-order valence-corrected chi connectivity index (χ0v) is 14.9. The molecule has 24 heavy (non-hydrogen) atoms. The molecule has 0 radical (unpaired) electrons. The summed E-state index contributed by atoms with van der Waals surface area (Å²) in [5, 5.41) is 2.77. The minimum absolute atomic E-state index is 0.0258. The van der Waals surface area contributed by atoms with E-state index in [4.69, 9.17) is 0 Å². The lowest BCUT2D eigenvalue weighted by Crippen LogP contribution is -2.30. The van der Waals surface area contributed by atoms with E-state index in [0.29, 0.717) is 12.1 Å². The van der Waals surface area contributed by atoms with Gasteiger partial charge in [0.1, 0.15) is 0 Å². The average molecular weight is 346 g/mol. The molecule has 128 valence electrons. The van der Waals surface area contributed by atoms with Crippen molar-refractivity contribution < 1.29 is 13.2 Å². The molecule has 6 heteroatoms. The summed E-state index contributed by atoms with van der Waals surface area (Å²) < 4.78 is 26.5. The van der Waals surface area contributed by atoms with E-state index in [1.807, 2.05) is 44.2 Å². The Morgan fingerprint density at radius 2 is 1.62 bits per heavy atom. The van der Waals surface area contributed by atoms with Crippen LogP contribution in [0.1, 0.15) is 29.8 Å². The Hall–Kier alpha value is -2.18. The van der Waals surface area contributed by atoms with E-state index in [1.54, 1.807) is 7.05 Å². The van der Waals surface area contributed by atoms with Crippen LogP contribution >= 0.6 is 0 Å². The molecule has 0 bridgehead atoms. The molecule has 1 amide bonds. The van der Waals surface area contributed by atoms with Crippen molar-refractivity contribution in [2.45, 2.75) is 31.3 Å². The Bertz CT molecular complexity index is 785. The molecule has 2 aromatic rings. The molecule has 0 spiro atoms. The molecule has 2 rings (SSSR count). The molecule has 0 saturated heterocycles. The normalized spacial score (nSPS) is 11.7. The van der Waals surface area contributed by atoms with Crippen molar-refractivity contribution in [1.29, 1.82) is 0 Å². The van der Waals surface area contributed by atoms with Crippen molar-refractivity contribution in [2.24, 2.45) is 0 Å². The maximum Gasteiger partial charge on any atom is 0.251 e. The SMILES string of the molecule is CC(C)NC(=O)c1ccc(S(=O)(=O)N(C)Cc2ccccc2)cc1.